The summed E-state index contributed by atoms with van der Waals surface area (Å²) >= 11 is 5.89. The number of nitrogens with one attached hydrogen (secondary N) is 2. The number of carbonyl (C=O) groups excluding carboxylic acids is 3. The minimum Gasteiger partial charge on any atom is -0.346 e. The van der Waals surface area contributed by atoms with Gasteiger partial charge in [-0.3, -0.25) is 14.5 Å². The van der Waals surface area contributed by atoms with Crippen LogP contribution in [0.2, 0.25) is 5.02 Å². The fourth-order valence-electron chi connectivity index (χ4n) is 2.77. The maximum atomic E-state index is 12.7. The number of rotatable bonds is 5. The van der Waals surface area contributed by atoms with Crippen LogP contribution in [0.3, 0.4) is 0 Å². The predicted molar refractivity (Wildman–Crippen MR) is 97.7 cm³/mol. The first-order chi connectivity index (χ1) is 12.5. The van der Waals surface area contributed by atoms with Crippen LogP contribution in [0.25, 0.3) is 0 Å². The summed E-state index contributed by atoms with van der Waals surface area (Å²) in [7, 11) is 0. The van der Waals surface area contributed by atoms with Crippen molar-refractivity contribution in [3.63, 3.8) is 0 Å². The van der Waals surface area contributed by atoms with Gasteiger partial charge in [-0.15, -0.1) is 0 Å². The molecule has 1 saturated heterocycles. The van der Waals surface area contributed by atoms with Crippen molar-refractivity contribution in [2.45, 2.75) is 19.5 Å². The summed E-state index contributed by atoms with van der Waals surface area (Å²) < 4.78 is 0. The Morgan fingerprint density at radius 3 is 2.54 bits per heavy atom. The van der Waals surface area contributed by atoms with E-state index >= 15 is 0 Å². The van der Waals surface area contributed by atoms with E-state index in [-0.39, 0.29) is 30.9 Å². The highest BCUT2D eigenvalue weighted by atomic mass is 35.5. The van der Waals surface area contributed by atoms with Crippen LogP contribution >= 0.6 is 11.6 Å². The van der Waals surface area contributed by atoms with Crippen molar-refractivity contribution in [2.75, 3.05) is 6.54 Å². The number of hydrogen-bond acceptors (Lipinski definition) is 3. The Morgan fingerprint density at radius 2 is 1.88 bits per heavy atom. The van der Waals surface area contributed by atoms with Crippen LogP contribution in [-0.2, 0) is 11.3 Å². The van der Waals surface area contributed by atoms with Crippen molar-refractivity contribution < 1.29 is 14.4 Å². The van der Waals surface area contributed by atoms with Crippen LogP contribution in [0.4, 0.5) is 4.79 Å². The molecule has 0 saturated carbocycles. The molecule has 1 aliphatic heterocycles. The molecule has 1 atom stereocenters. The quantitative estimate of drug-likeness (QED) is 0.793. The lowest BCUT2D eigenvalue weighted by atomic mass is 10.0. The van der Waals surface area contributed by atoms with Gasteiger partial charge >= 0.3 is 6.03 Å². The summed E-state index contributed by atoms with van der Waals surface area (Å²) in [5.74, 6) is -0.574. The summed E-state index contributed by atoms with van der Waals surface area (Å²) in [6, 6.07) is 13.5. The van der Waals surface area contributed by atoms with Gasteiger partial charge in [0.25, 0.3) is 5.91 Å². The van der Waals surface area contributed by atoms with E-state index in [2.05, 4.69) is 10.6 Å². The van der Waals surface area contributed by atoms with E-state index in [4.69, 9.17) is 11.6 Å². The van der Waals surface area contributed by atoms with Crippen LogP contribution in [0.5, 0.6) is 0 Å². The van der Waals surface area contributed by atoms with Gasteiger partial charge in [-0.2, -0.15) is 0 Å². The highest BCUT2D eigenvalue weighted by molar-refractivity contribution is 6.30. The van der Waals surface area contributed by atoms with Crippen molar-refractivity contribution in [2.24, 2.45) is 0 Å². The molecule has 2 N–H and O–H groups in total. The molecule has 1 fully saturated rings. The zero-order valence-electron chi connectivity index (χ0n) is 14.2. The molecule has 1 heterocycles. The standard InChI is InChI=1S/C19H18ClN3O3/c1-12(13-6-8-15(20)9-7-13)22-18(25)16-5-3-2-4-14(16)11-23-17(24)10-21-19(23)26/h2-9,12H,10-11H2,1H3,(H,21,26)(H,22,25). The van der Waals surface area contributed by atoms with Crippen molar-refractivity contribution in [3.05, 3.63) is 70.2 Å². The monoisotopic (exact) mass is 371 g/mol. The molecule has 7 heteroatoms. The first-order valence-electron chi connectivity index (χ1n) is 8.18. The highest BCUT2D eigenvalue weighted by Crippen LogP contribution is 2.18. The molecule has 0 aromatic heterocycles. The van der Waals surface area contributed by atoms with E-state index in [9.17, 15) is 14.4 Å². The maximum Gasteiger partial charge on any atom is 0.324 e. The van der Waals surface area contributed by atoms with E-state index in [0.717, 1.165) is 10.5 Å². The normalized spacial score (nSPS) is 14.9. The fourth-order valence-corrected chi connectivity index (χ4v) is 2.90. The second kappa shape index (κ2) is 7.58. The van der Waals surface area contributed by atoms with Crippen LogP contribution < -0.4 is 10.6 Å². The molecular formula is C19H18ClN3O3. The summed E-state index contributed by atoms with van der Waals surface area (Å²) in [6.45, 7) is 1.92. The Bertz CT molecular complexity index is 835. The Morgan fingerprint density at radius 1 is 1.19 bits per heavy atom. The molecule has 4 amide bonds. The molecule has 1 unspecified atom stereocenters. The highest BCUT2D eigenvalue weighted by Gasteiger charge is 2.29. The predicted octanol–water partition coefficient (Wildman–Crippen LogP) is 2.88. The maximum absolute atomic E-state index is 12.7. The first-order valence-corrected chi connectivity index (χ1v) is 8.56. The number of nitrogens with zero attached hydrogens (tertiary/aromatic N) is 1. The van der Waals surface area contributed by atoms with Crippen LogP contribution in [-0.4, -0.2) is 29.3 Å². The summed E-state index contributed by atoms with van der Waals surface area (Å²) in [4.78, 5) is 37.4. The topological polar surface area (TPSA) is 78.5 Å². The molecule has 0 bridgehead atoms. The van der Waals surface area contributed by atoms with Gasteiger partial charge in [-0.25, -0.2) is 4.79 Å². The van der Waals surface area contributed by atoms with Gasteiger partial charge in [0, 0.05) is 10.6 Å². The first kappa shape index (κ1) is 17.9. The van der Waals surface area contributed by atoms with E-state index in [0.29, 0.717) is 16.1 Å². The number of imide groups is 1. The van der Waals surface area contributed by atoms with Crippen molar-refractivity contribution >= 4 is 29.4 Å². The second-order valence-electron chi connectivity index (χ2n) is 6.04. The number of urea groups is 1. The van der Waals surface area contributed by atoms with E-state index in [1.165, 1.54) is 0 Å². The molecule has 0 spiro atoms. The molecule has 26 heavy (non-hydrogen) atoms. The molecule has 134 valence electrons. The molecular weight excluding hydrogens is 354 g/mol. The molecule has 2 aromatic rings. The van der Waals surface area contributed by atoms with E-state index < -0.39 is 6.03 Å². The van der Waals surface area contributed by atoms with Gasteiger partial charge in [0.05, 0.1) is 19.1 Å². The van der Waals surface area contributed by atoms with E-state index in [1.54, 1.807) is 36.4 Å². The van der Waals surface area contributed by atoms with Gasteiger partial charge in [0.2, 0.25) is 5.91 Å². The van der Waals surface area contributed by atoms with Gasteiger partial charge in [-0.05, 0) is 36.2 Å². The van der Waals surface area contributed by atoms with Gasteiger partial charge in [0.1, 0.15) is 0 Å². The minimum atomic E-state index is -0.445. The van der Waals surface area contributed by atoms with Crippen LogP contribution in [0.1, 0.15) is 34.5 Å². The summed E-state index contributed by atoms with van der Waals surface area (Å²) in [6.07, 6.45) is 0. The fraction of sp³-hybridized carbons (Fsp3) is 0.211. The number of hydrogen-bond donors (Lipinski definition) is 2. The average Bonchev–Trinajstić information content (AvgIpc) is 2.94. The molecule has 0 aliphatic carbocycles. The summed E-state index contributed by atoms with van der Waals surface area (Å²) in [5.41, 5.74) is 1.97. The van der Waals surface area contributed by atoms with Gasteiger partial charge < -0.3 is 10.6 Å². The molecule has 3 rings (SSSR count). The molecule has 1 aliphatic rings. The van der Waals surface area contributed by atoms with Crippen molar-refractivity contribution in [1.29, 1.82) is 0 Å². The summed E-state index contributed by atoms with van der Waals surface area (Å²) in [5, 5.41) is 6.04. The number of halogens is 1. The largest absolute Gasteiger partial charge is 0.346 e. The third-order valence-corrected chi connectivity index (χ3v) is 4.50. The number of carbonyl (C=O) groups is 3. The number of amides is 4. The molecule has 2 aromatic carbocycles. The second-order valence-corrected chi connectivity index (χ2v) is 6.48. The van der Waals surface area contributed by atoms with E-state index in [1.807, 2.05) is 19.1 Å². The van der Waals surface area contributed by atoms with Crippen LogP contribution in [0.15, 0.2) is 48.5 Å². The smallest absolute Gasteiger partial charge is 0.324 e. The Balaban J connectivity index is 1.76. The number of benzene rings is 2. The van der Waals surface area contributed by atoms with Crippen molar-refractivity contribution in [1.82, 2.24) is 15.5 Å². The van der Waals surface area contributed by atoms with Gasteiger partial charge in [0.15, 0.2) is 0 Å². The lowest BCUT2D eigenvalue weighted by Crippen LogP contribution is -2.32. The zero-order valence-corrected chi connectivity index (χ0v) is 14.9. The Kier molecular flexibility index (Phi) is 5.23. The zero-order chi connectivity index (χ0) is 18.7. The minimum absolute atomic E-state index is 0.0131. The SMILES string of the molecule is CC(NC(=O)c1ccccc1CN1C(=O)CNC1=O)c1ccc(Cl)cc1. The van der Waals surface area contributed by atoms with Crippen LogP contribution in [0, 0.1) is 0 Å². The lowest BCUT2D eigenvalue weighted by Gasteiger charge is -2.18. The lowest BCUT2D eigenvalue weighted by molar-refractivity contribution is -0.125. The van der Waals surface area contributed by atoms with Gasteiger partial charge in [-0.1, -0.05) is 41.9 Å². The Hall–Kier alpha value is -2.86. The third kappa shape index (κ3) is 3.86. The third-order valence-electron chi connectivity index (χ3n) is 4.25. The van der Waals surface area contributed by atoms with Crippen molar-refractivity contribution in [3.8, 4) is 0 Å². The Labute approximate surface area is 156 Å². The molecule has 0 radical (unpaired) electrons. The average molecular weight is 372 g/mol. The molecule has 6 nitrogen and oxygen atoms in total.